The van der Waals surface area contributed by atoms with Crippen LogP contribution < -0.4 is 5.32 Å². The summed E-state index contributed by atoms with van der Waals surface area (Å²) in [5.41, 5.74) is 0.489. The smallest absolute Gasteiger partial charge is 0.0538 e. The van der Waals surface area contributed by atoms with Gasteiger partial charge in [0, 0.05) is 29.0 Å². The van der Waals surface area contributed by atoms with Gasteiger partial charge in [0.15, 0.2) is 0 Å². The van der Waals surface area contributed by atoms with Gasteiger partial charge < -0.3 is 10.1 Å². The number of hydrogen-bond donors (Lipinski definition) is 1. The zero-order valence-corrected chi connectivity index (χ0v) is 11.9. The van der Waals surface area contributed by atoms with Crippen LogP contribution >= 0.6 is 11.3 Å². The molecule has 1 N–H and O–H groups in total. The molecule has 2 rings (SSSR count). The van der Waals surface area contributed by atoms with Crippen LogP contribution in [0.15, 0.2) is 17.5 Å². The third kappa shape index (κ3) is 3.80. The van der Waals surface area contributed by atoms with Gasteiger partial charge in [-0.05, 0) is 45.1 Å². The standard InChI is InChI=1S/C14H23NOS/c1-13(2,3)15-10-14(6-7-16-11-14)9-12-5-4-8-17-12/h4-5,8,15H,6-7,9-11H2,1-3H3. The Balaban J connectivity index is 1.99. The number of nitrogens with one attached hydrogen (secondary N) is 1. The van der Waals surface area contributed by atoms with E-state index in [0.717, 1.165) is 26.2 Å². The molecule has 17 heavy (non-hydrogen) atoms. The number of thiophene rings is 1. The Morgan fingerprint density at radius 2 is 2.29 bits per heavy atom. The summed E-state index contributed by atoms with van der Waals surface area (Å²) in [6.07, 6.45) is 2.32. The fraction of sp³-hybridized carbons (Fsp3) is 0.714. The molecule has 1 aromatic heterocycles. The molecule has 2 heterocycles. The predicted molar refractivity (Wildman–Crippen MR) is 73.6 cm³/mol. The van der Waals surface area contributed by atoms with E-state index >= 15 is 0 Å². The zero-order valence-electron chi connectivity index (χ0n) is 11.1. The predicted octanol–water partition coefficient (Wildman–Crippen LogP) is 3.09. The lowest BCUT2D eigenvalue weighted by atomic mass is 9.82. The van der Waals surface area contributed by atoms with Crippen molar-refractivity contribution in [2.24, 2.45) is 5.41 Å². The summed E-state index contributed by atoms with van der Waals surface area (Å²) in [6, 6.07) is 4.38. The second kappa shape index (κ2) is 5.09. The quantitative estimate of drug-likeness (QED) is 0.890. The molecule has 3 heteroatoms. The van der Waals surface area contributed by atoms with Gasteiger partial charge in [0.05, 0.1) is 6.61 Å². The molecule has 0 bridgehead atoms. The van der Waals surface area contributed by atoms with E-state index in [1.54, 1.807) is 0 Å². The summed E-state index contributed by atoms with van der Waals surface area (Å²) >= 11 is 1.86. The minimum Gasteiger partial charge on any atom is -0.381 e. The van der Waals surface area contributed by atoms with E-state index in [9.17, 15) is 0 Å². The Morgan fingerprint density at radius 3 is 2.82 bits per heavy atom. The van der Waals surface area contributed by atoms with Gasteiger partial charge in [-0.25, -0.2) is 0 Å². The van der Waals surface area contributed by atoms with E-state index in [1.165, 1.54) is 11.3 Å². The van der Waals surface area contributed by atoms with Gasteiger partial charge in [-0.3, -0.25) is 0 Å². The lowest BCUT2D eigenvalue weighted by Gasteiger charge is -2.32. The highest BCUT2D eigenvalue weighted by Gasteiger charge is 2.36. The van der Waals surface area contributed by atoms with Gasteiger partial charge in [0.25, 0.3) is 0 Å². The number of rotatable bonds is 4. The Bertz CT molecular complexity index is 334. The van der Waals surface area contributed by atoms with E-state index in [2.05, 4.69) is 43.6 Å². The molecular weight excluding hydrogens is 230 g/mol. The first-order chi connectivity index (χ1) is 7.99. The summed E-state index contributed by atoms with van der Waals surface area (Å²) in [5.74, 6) is 0. The lowest BCUT2D eigenvalue weighted by molar-refractivity contribution is 0.144. The van der Waals surface area contributed by atoms with Gasteiger partial charge in [-0.2, -0.15) is 0 Å². The van der Waals surface area contributed by atoms with Crippen LogP contribution in [0.1, 0.15) is 32.1 Å². The highest BCUT2D eigenvalue weighted by molar-refractivity contribution is 7.09. The highest BCUT2D eigenvalue weighted by atomic mass is 32.1. The van der Waals surface area contributed by atoms with Crippen LogP contribution in [0, 0.1) is 5.41 Å². The normalized spacial score (nSPS) is 25.4. The maximum atomic E-state index is 5.64. The number of ether oxygens (including phenoxy) is 1. The molecule has 0 radical (unpaired) electrons. The average Bonchev–Trinajstić information content (AvgIpc) is 2.87. The third-order valence-corrected chi connectivity index (χ3v) is 4.18. The van der Waals surface area contributed by atoms with Crippen molar-refractivity contribution in [3.63, 3.8) is 0 Å². The molecule has 0 aromatic carbocycles. The second-order valence-electron chi connectivity index (χ2n) is 6.16. The van der Waals surface area contributed by atoms with Crippen molar-refractivity contribution in [3.8, 4) is 0 Å². The third-order valence-electron chi connectivity index (χ3n) is 3.31. The molecular formula is C14H23NOS. The molecule has 1 fully saturated rings. The fourth-order valence-electron chi connectivity index (χ4n) is 2.23. The molecule has 0 spiro atoms. The zero-order chi connectivity index (χ0) is 12.4. The van der Waals surface area contributed by atoms with Crippen molar-refractivity contribution in [1.82, 2.24) is 5.32 Å². The van der Waals surface area contributed by atoms with E-state index in [-0.39, 0.29) is 5.54 Å². The summed E-state index contributed by atoms with van der Waals surface area (Å²) < 4.78 is 5.64. The van der Waals surface area contributed by atoms with Crippen molar-refractivity contribution >= 4 is 11.3 Å². The summed E-state index contributed by atoms with van der Waals surface area (Å²) in [5, 5.41) is 5.80. The Hall–Kier alpha value is -0.380. The molecule has 1 aromatic rings. The lowest BCUT2D eigenvalue weighted by Crippen LogP contribution is -2.45. The summed E-state index contributed by atoms with van der Waals surface area (Å²) in [6.45, 7) is 9.53. The Labute approximate surface area is 108 Å². The van der Waals surface area contributed by atoms with Crippen molar-refractivity contribution in [1.29, 1.82) is 0 Å². The van der Waals surface area contributed by atoms with Gasteiger partial charge >= 0.3 is 0 Å². The number of hydrogen-bond acceptors (Lipinski definition) is 3. The van der Waals surface area contributed by atoms with Crippen molar-refractivity contribution in [2.45, 2.75) is 39.2 Å². The molecule has 0 saturated carbocycles. The Morgan fingerprint density at radius 1 is 1.47 bits per heavy atom. The molecule has 1 atom stereocenters. The summed E-state index contributed by atoms with van der Waals surface area (Å²) in [4.78, 5) is 1.48. The molecule has 0 amide bonds. The van der Waals surface area contributed by atoms with Crippen molar-refractivity contribution < 1.29 is 4.74 Å². The molecule has 0 aliphatic carbocycles. The Kier molecular flexibility index (Phi) is 3.91. The monoisotopic (exact) mass is 253 g/mol. The average molecular weight is 253 g/mol. The first-order valence-corrected chi connectivity index (χ1v) is 7.22. The summed E-state index contributed by atoms with van der Waals surface area (Å²) in [7, 11) is 0. The highest BCUT2D eigenvalue weighted by Crippen LogP contribution is 2.33. The van der Waals surface area contributed by atoms with Crippen LogP contribution in [0.2, 0.25) is 0 Å². The first kappa shape index (κ1) is 13.1. The SMILES string of the molecule is CC(C)(C)NCC1(Cc2cccs2)CCOC1. The molecule has 1 aliphatic heterocycles. The molecule has 1 saturated heterocycles. The van der Waals surface area contributed by atoms with E-state index in [4.69, 9.17) is 4.74 Å². The molecule has 2 nitrogen and oxygen atoms in total. The van der Waals surface area contributed by atoms with Crippen LogP contribution in [-0.2, 0) is 11.2 Å². The topological polar surface area (TPSA) is 21.3 Å². The molecule has 1 unspecified atom stereocenters. The van der Waals surface area contributed by atoms with Crippen LogP contribution in [0.4, 0.5) is 0 Å². The van der Waals surface area contributed by atoms with E-state index in [0.29, 0.717) is 5.41 Å². The molecule has 1 aliphatic rings. The van der Waals surface area contributed by atoms with Gasteiger partial charge in [0.2, 0.25) is 0 Å². The van der Waals surface area contributed by atoms with Crippen molar-refractivity contribution in [3.05, 3.63) is 22.4 Å². The van der Waals surface area contributed by atoms with Crippen LogP contribution in [0.25, 0.3) is 0 Å². The fourth-order valence-corrected chi connectivity index (χ4v) is 3.10. The van der Waals surface area contributed by atoms with Crippen LogP contribution in [-0.4, -0.2) is 25.3 Å². The largest absolute Gasteiger partial charge is 0.381 e. The van der Waals surface area contributed by atoms with E-state index in [1.807, 2.05) is 11.3 Å². The van der Waals surface area contributed by atoms with Crippen LogP contribution in [0.5, 0.6) is 0 Å². The minimum absolute atomic E-state index is 0.186. The maximum absolute atomic E-state index is 5.64. The van der Waals surface area contributed by atoms with Crippen molar-refractivity contribution in [2.75, 3.05) is 19.8 Å². The minimum atomic E-state index is 0.186. The second-order valence-corrected chi connectivity index (χ2v) is 7.19. The first-order valence-electron chi connectivity index (χ1n) is 6.34. The molecule has 96 valence electrons. The van der Waals surface area contributed by atoms with Gasteiger partial charge in [-0.1, -0.05) is 6.07 Å². The van der Waals surface area contributed by atoms with Crippen LogP contribution in [0.3, 0.4) is 0 Å². The van der Waals surface area contributed by atoms with Gasteiger partial charge in [-0.15, -0.1) is 11.3 Å². The van der Waals surface area contributed by atoms with E-state index < -0.39 is 0 Å². The maximum Gasteiger partial charge on any atom is 0.0538 e. The van der Waals surface area contributed by atoms with Gasteiger partial charge in [0.1, 0.15) is 0 Å².